The van der Waals surface area contributed by atoms with Crippen molar-refractivity contribution in [1.82, 2.24) is 0 Å². The van der Waals surface area contributed by atoms with Gasteiger partial charge in [-0.15, -0.1) is 0 Å². The molecule has 0 amide bonds. The standard InChI is InChI=1S/C76H138O6/c1-4-7-10-13-16-19-22-25-28-30-32-34-36-37-38-39-41-42-44-46-48-51-54-57-60-63-66-69-75(78)81-72-73(71-80-74(77)68-65-62-59-56-53-50-27-24-21-18-15-12-9-6-3)82-76(79)70-67-64-61-58-55-52-49-47-45-43-40-35-33-31-29-26-23-20-17-14-11-8-5-2/h22-27,30-33,73H,4-21,28-29,34-72H2,1-3H3/b25-22-,26-23-,27-24-,32-30-,33-31-. The molecule has 0 rings (SSSR count). The molecule has 0 aliphatic heterocycles. The maximum Gasteiger partial charge on any atom is 0.306 e. The maximum atomic E-state index is 13.0. The molecule has 1 unspecified atom stereocenters. The molecule has 0 heterocycles. The Labute approximate surface area is 510 Å². The predicted octanol–water partition coefficient (Wildman–Crippen LogP) is 25.1. The highest BCUT2D eigenvalue weighted by atomic mass is 16.6. The second-order valence-electron chi connectivity index (χ2n) is 24.5. The molecule has 0 aliphatic rings. The van der Waals surface area contributed by atoms with Crippen LogP contribution in [0.1, 0.15) is 387 Å². The Kier molecular flexibility index (Phi) is 68.1. The van der Waals surface area contributed by atoms with Crippen molar-refractivity contribution in [3.05, 3.63) is 60.8 Å². The molecule has 0 N–H and O–H groups in total. The van der Waals surface area contributed by atoms with Crippen LogP contribution in [0.2, 0.25) is 0 Å². The summed E-state index contributed by atoms with van der Waals surface area (Å²) in [6, 6.07) is 0. The molecule has 0 aromatic carbocycles. The van der Waals surface area contributed by atoms with Gasteiger partial charge in [-0.3, -0.25) is 14.4 Å². The van der Waals surface area contributed by atoms with E-state index >= 15 is 0 Å². The fourth-order valence-corrected chi connectivity index (χ4v) is 10.7. The van der Waals surface area contributed by atoms with Crippen LogP contribution in [-0.2, 0) is 28.6 Å². The zero-order chi connectivity index (χ0) is 59.2. The highest BCUT2D eigenvalue weighted by molar-refractivity contribution is 5.71. The van der Waals surface area contributed by atoms with Crippen LogP contribution in [0.15, 0.2) is 60.8 Å². The summed E-state index contributed by atoms with van der Waals surface area (Å²) in [5, 5.41) is 0. The molecule has 0 fully saturated rings. The van der Waals surface area contributed by atoms with Crippen LogP contribution in [0.5, 0.6) is 0 Å². The Morgan fingerprint density at radius 1 is 0.244 bits per heavy atom. The predicted molar refractivity (Wildman–Crippen MR) is 358 cm³/mol. The third kappa shape index (κ3) is 67.9. The van der Waals surface area contributed by atoms with E-state index in [-0.39, 0.29) is 31.1 Å². The molecule has 0 radical (unpaired) electrons. The van der Waals surface area contributed by atoms with Crippen LogP contribution >= 0.6 is 0 Å². The topological polar surface area (TPSA) is 78.9 Å². The van der Waals surface area contributed by atoms with Crippen molar-refractivity contribution < 1.29 is 28.6 Å². The lowest BCUT2D eigenvalue weighted by molar-refractivity contribution is -0.167. The van der Waals surface area contributed by atoms with Crippen molar-refractivity contribution in [2.75, 3.05) is 13.2 Å². The number of hydrogen-bond acceptors (Lipinski definition) is 6. The van der Waals surface area contributed by atoms with Crippen molar-refractivity contribution in [1.29, 1.82) is 0 Å². The van der Waals surface area contributed by atoms with Crippen LogP contribution in [0, 0.1) is 0 Å². The van der Waals surface area contributed by atoms with Gasteiger partial charge in [-0.25, -0.2) is 0 Å². The molecule has 0 bridgehead atoms. The van der Waals surface area contributed by atoms with E-state index in [0.717, 1.165) is 77.0 Å². The van der Waals surface area contributed by atoms with Crippen LogP contribution in [0.3, 0.4) is 0 Å². The Morgan fingerprint density at radius 3 is 0.683 bits per heavy atom. The van der Waals surface area contributed by atoms with Crippen LogP contribution in [0.4, 0.5) is 0 Å². The third-order valence-corrected chi connectivity index (χ3v) is 16.2. The van der Waals surface area contributed by atoms with Gasteiger partial charge < -0.3 is 14.2 Å². The average Bonchev–Trinajstić information content (AvgIpc) is 3.48. The summed E-state index contributed by atoms with van der Waals surface area (Å²) in [7, 11) is 0. The number of ether oxygens (including phenoxy) is 3. The summed E-state index contributed by atoms with van der Waals surface area (Å²) in [5.74, 6) is -0.862. The Morgan fingerprint density at radius 2 is 0.439 bits per heavy atom. The van der Waals surface area contributed by atoms with Crippen LogP contribution in [0.25, 0.3) is 0 Å². The summed E-state index contributed by atoms with van der Waals surface area (Å²) in [6.07, 6.45) is 91.1. The minimum absolute atomic E-state index is 0.0743. The molecule has 0 aromatic rings. The zero-order valence-electron chi connectivity index (χ0n) is 55.0. The first-order valence-corrected chi connectivity index (χ1v) is 36.3. The molecule has 1 atom stereocenters. The average molecular weight is 1150 g/mol. The Hall–Kier alpha value is -2.89. The van der Waals surface area contributed by atoms with Crippen molar-refractivity contribution in [2.45, 2.75) is 393 Å². The third-order valence-electron chi connectivity index (χ3n) is 16.2. The van der Waals surface area contributed by atoms with E-state index in [1.54, 1.807) is 0 Å². The number of rotatable bonds is 67. The zero-order valence-corrected chi connectivity index (χ0v) is 55.0. The quantitative estimate of drug-likeness (QED) is 0.0261. The number of esters is 3. The van der Waals surface area contributed by atoms with Gasteiger partial charge in [0.2, 0.25) is 0 Å². The van der Waals surface area contributed by atoms with E-state index in [1.165, 1.54) is 270 Å². The molecule has 0 spiro atoms. The lowest BCUT2D eigenvalue weighted by Gasteiger charge is -2.18. The number of carbonyl (C=O) groups is 3. The Bertz CT molecular complexity index is 1460. The van der Waals surface area contributed by atoms with Gasteiger partial charge in [0, 0.05) is 19.3 Å². The van der Waals surface area contributed by atoms with Gasteiger partial charge in [-0.05, 0) is 109 Å². The van der Waals surface area contributed by atoms with E-state index in [2.05, 4.69) is 81.5 Å². The van der Waals surface area contributed by atoms with E-state index in [4.69, 9.17) is 14.2 Å². The maximum absolute atomic E-state index is 13.0. The molecular weight excluding hydrogens is 1010 g/mol. The van der Waals surface area contributed by atoms with Crippen molar-refractivity contribution in [3.8, 4) is 0 Å². The monoisotopic (exact) mass is 1150 g/mol. The lowest BCUT2D eigenvalue weighted by atomic mass is 10.0. The molecular formula is C76H138O6. The molecule has 478 valence electrons. The highest BCUT2D eigenvalue weighted by Gasteiger charge is 2.19. The molecule has 6 heteroatoms. The minimum atomic E-state index is -0.779. The molecule has 6 nitrogen and oxygen atoms in total. The number of unbranched alkanes of at least 4 members (excludes halogenated alkanes) is 46. The van der Waals surface area contributed by atoms with Gasteiger partial charge in [0.15, 0.2) is 6.10 Å². The summed E-state index contributed by atoms with van der Waals surface area (Å²) in [4.78, 5) is 38.5. The van der Waals surface area contributed by atoms with Crippen LogP contribution in [-0.4, -0.2) is 37.2 Å². The van der Waals surface area contributed by atoms with Crippen LogP contribution < -0.4 is 0 Å². The van der Waals surface area contributed by atoms with Crippen molar-refractivity contribution in [3.63, 3.8) is 0 Å². The van der Waals surface area contributed by atoms with Gasteiger partial charge in [0.1, 0.15) is 13.2 Å². The molecule has 0 aliphatic carbocycles. The molecule has 0 saturated carbocycles. The van der Waals surface area contributed by atoms with Crippen molar-refractivity contribution >= 4 is 17.9 Å². The summed E-state index contributed by atoms with van der Waals surface area (Å²) in [6.45, 7) is 6.66. The van der Waals surface area contributed by atoms with Gasteiger partial charge in [0.25, 0.3) is 0 Å². The largest absolute Gasteiger partial charge is 0.462 e. The first kappa shape index (κ1) is 79.1. The Balaban J connectivity index is 4.26. The molecule has 0 aromatic heterocycles. The lowest BCUT2D eigenvalue weighted by Crippen LogP contribution is -2.30. The smallest absolute Gasteiger partial charge is 0.306 e. The van der Waals surface area contributed by atoms with E-state index < -0.39 is 6.10 Å². The van der Waals surface area contributed by atoms with E-state index in [0.29, 0.717) is 19.3 Å². The first-order chi connectivity index (χ1) is 40.5. The fourth-order valence-electron chi connectivity index (χ4n) is 10.7. The fraction of sp³-hybridized carbons (Fsp3) is 0.829. The normalized spacial score (nSPS) is 12.4. The van der Waals surface area contributed by atoms with Gasteiger partial charge >= 0.3 is 17.9 Å². The second kappa shape index (κ2) is 70.6. The van der Waals surface area contributed by atoms with Gasteiger partial charge in [0.05, 0.1) is 0 Å². The minimum Gasteiger partial charge on any atom is -0.462 e. The van der Waals surface area contributed by atoms with E-state index in [1.807, 2.05) is 0 Å². The number of hydrogen-bond donors (Lipinski definition) is 0. The van der Waals surface area contributed by atoms with E-state index in [9.17, 15) is 14.4 Å². The molecule has 82 heavy (non-hydrogen) atoms. The summed E-state index contributed by atoms with van der Waals surface area (Å²) in [5.41, 5.74) is 0. The van der Waals surface area contributed by atoms with Gasteiger partial charge in [-0.1, -0.05) is 319 Å². The van der Waals surface area contributed by atoms with Gasteiger partial charge in [-0.2, -0.15) is 0 Å². The molecule has 0 saturated heterocycles. The summed E-state index contributed by atoms with van der Waals surface area (Å²) >= 11 is 0. The highest BCUT2D eigenvalue weighted by Crippen LogP contribution is 2.18. The number of carbonyl (C=O) groups excluding carboxylic acids is 3. The van der Waals surface area contributed by atoms with Crippen molar-refractivity contribution in [2.24, 2.45) is 0 Å². The second-order valence-corrected chi connectivity index (χ2v) is 24.5. The SMILES string of the molecule is CCCCCCC/C=C\C/C=C\CCCCCCCCCCCCCCCCCC(=O)OCC(COC(=O)CCCCCCC/C=C\CCCCCCC)OC(=O)CCCCCCCCCCCCC/C=C\C/C=C\CCCCCCC. The summed E-state index contributed by atoms with van der Waals surface area (Å²) < 4.78 is 17.0. The number of allylic oxidation sites excluding steroid dienone is 10. The first-order valence-electron chi connectivity index (χ1n) is 36.3.